The molecule has 1 saturated heterocycles. The maximum Gasteiger partial charge on any atom is 0.514 e. The number of hydrogen-bond donors (Lipinski definition) is 0. The highest BCUT2D eigenvalue weighted by molar-refractivity contribution is 6.61. The molecule has 2 aromatic rings. The normalized spacial score (nSPS) is 24.0. The van der Waals surface area contributed by atoms with Gasteiger partial charge in [0, 0.05) is 22.2 Å². The Kier molecular flexibility index (Phi) is 2.09. The molecule has 0 atom stereocenters. The summed E-state index contributed by atoms with van der Waals surface area (Å²) in [6.07, 6.45) is 0.831. The lowest BCUT2D eigenvalue weighted by atomic mass is 9.84. The summed E-state index contributed by atoms with van der Waals surface area (Å²) in [4.78, 5) is 8.00. The van der Waals surface area contributed by atoms with Crippen molar-refractivity contribution in [3.8, 4) is 5.69 Å². The molecule has 0 bridgehead atoms. The molecule has 5 nitrogen and oxygen atoms in total. The first kappa shape index (κ1) is 9.38. The van der Waals surface area contributed by atoms with E-state index in [9.17, 15) is 0 Å². The second-order valence-electron chi connectivity index (χ2n) is 6.03. The molecule has 0 spiro atoms. The minimum Gasteiger partial charge on any atom is -0.398 e. The van der Waals surface area contributed by atoms with Crippen molar-refractivity contribution >= 4 is 12.7 Å². The number of pyridine rings is 1. The van der Waals surface area contributed by atoms with Gasteiger partial charge in [0.05, 0.1) is 30.2 Å². The van der Waals surface area contributed by atoms with Crippen LogP contribution >= 0.6 is 0 Å². The molecule has 1 aliphatic heterocycles. The standard InChI is InChI=1S/C15H20BN3O2/c1-11-9-19(10-18-11)12-6-7-17-13(8-12)16-20-14(2,3)15(4,5)21-16/h6-10H,1-5H3/i1D3,9D,10D. The van der Waals surface area contributed by atoms with E-state index < -0.39 is 30.9 Å². The Morgan fingerprint density at radius 2 is 1.95 bits per heavy atom. The molecule has 1 aliphatic rings. The summed E-state index contributed by atoms with van der Waals surface area (Å²) in [5, 5.41) is 0. The van der Waals surface area contributed by atoms with Gasteiger partial charge in [0.25, 0.3) is 0 Å². The predicted octanol–water partition coefficient (Wildman–Crippen LogP) is 1.87. The molecule has 110 valence electrons. The van der Waals surface area contributed by atoms with E-state index in [1.54, 1.807) is 12.1 Å². The number of imidazole rings is 1. The molecule has 21 heavy (non-hydrogen) atoms. The molecule has 2 aromatic heterocycles. The Morgan fingerprint density at radius 3 is 2.57 bits per heavy atom. The van der Waals surface area contributed by atoms with Crippen LogP contribution in [0.2, 0.25) is 0 Å². The second kappa shape index (κ2) is 4.68. The zero-order chi connectivity index (χ0) is 19.5. The summed E-state index contributed by atoms with van der Waals surface area (Å²) in [6.45, 7) is 5.16. The summed E-state index contributed by atoms with van der Waals surface area (Å²) in [6, 6.07) is 3.19. The highest BCUT2D eigenvalue weighted by atomic mass is 16.7. The van der Waals surface area contributed by atoms with Gasteiger partial charge in [-0.15, -0.1) is 0 Å². The molecule has 1 fully saturated rings. The van der Waals surface area contributed by atoms with Crippen molar-refractivity contribution in [2.75, 3.05) is 0 Å². The summed E-state index contributed by atoms with van der Waals surface area (Å²) < 4.78 is 51.5. The molecule has 0 N–H and O–H groups in total. The molecule has 0 saturated carbocycles. The average Bonchev–Trinajstić information content (AvgIpc) is 2.92. The lowest BCUT2D eigenvalue weighted by Crippen LogP contribution is -2.41. The van der Waals surface area contributed by atoms with Gasteiger partial charge in [0.15, 0.2) is 0 Å². The van der Waals surface area contributed by atoms with Crippen LogP contribution in [0.4, 0.5) is 0 Å². The van der Waals surface area contributed by atoms with Gasteiger partial charge in [0.2, 0.25) is 0 Å². The minimum atomic E-state index is -2.56. The zero-order valence-corrected chi connectivity index (χ0v) is 12.5. The highest BCUT2D eigenvalue weighted by Crippen LogP contribution is 2.36. The van der Waals surface area contributed by atoms with E-state index in [4.69, 9.17) is 16.2 Å². The predicted molar refractivity (Wildman–Crippen MR) is 81.8 cm³/mol. The van der Waals surface area contributed by atoms with Crippen LogP contribution < -0.4 is 5.59 Å². The Balaban J connectivity index is 2.01. The molecule has 3 rings (SSSR count). The number of hydrogen-bond acceptors (Lipinski definition) is 4. The van der Waals surface area contributed by atoms with E-state index in [1.807, 2.05) is 27.7 Å². The first-order chi connectivity index (χ1) is 11.8. The smallest absolute Gasteiger partial charge is 0.398 e. The Morgan fingerprint density at radius 1 is 1.24 bits per heavy atom. The number of nitrogens with zero attached hydrogens (tertiary/aromatic N) is 3. The van der Waals surface area contributed by atoms with Crippen molar-refractivity contribution in [3.05, 3.63) is 36.5 Å². The largest absolute Gasteiger partial charge is 0.514 e. The summed E-state index contributed by atoms with van der Waals surface area (Å²) in [5.74, 6) is 0. The van der Waals surface area contributed by atoms with Gasteiger partial charge in [-0.05, 0) is 46.7 Å². The number of rotatable bonds is 2. The molecule has 0 aromatic carbocycles. The van der Waals surface area contributed by atoms with Crippen molar-refractivity contribution in [1.29, 1.82) is 0 Å². The highest BCUT2D eigenvalue weighted by Gasteiger charge is 2.52. The molecule has 0 unspecified atom stereocenters. The Hall–Kier alpha value is -1.66. The fraction of sp³-hybridized carbons (Fsp3) is 0.467. The number of aryl methyl sites for hydroxylation is 1. The SMILES string of the molecule is [2H]c1nc(C([2H])([2H])[2H])c([2H])n1-c1ccnc(B2OC(C)(C)C(C)(C)O2)c1. The molecular weight excluding hydrogens is 265 g/mol. The van der Waals surface area contributed by atoms with Crippen molar-refractivity contribution < 1.29 is 16.2 Å². The molecule has 0 aliphatic carbocycles. The molecule has 0 radical (unpaired) electrons. The average molecular weight is 290 g/mol. The lowest BCUT2D eigenvalue weighted by Gasteiger charge is -2.32. The maximum absolute atomic E-state index is 8.10. The van der Waals surface area contributed by atoms with Crippen LogP contribution in [0.1, 0.15) is 40.2 Å². The van der Waals surface area contributed by atoms with Gasteiger partial charge in [0.1, 0.15) is 1.37 Å². The van der Waals surface area contributed by atoms with E-state index in [0.29, 0.717) is 11.3 Å². The lowest BCUT2D eigenvalue weighted by molar-refractivity contribution is 0.00578. The molecule has 3 heterocycles. The number of aromatic nitrogens is 3. The summed E-state index contributed by atoms with van der Waals surface area (Å²) in [5.41, 5.74) is -0.580. The van der Waals surface area contributed by atoms with Crippen molar-refractivity contribution in [1.82, 2.24) is 14.5 Å². The van der Waals surface area contributed by atoms with Gasteiger partial charge in [-0.1, -0.05) is 0 Å². The van der Waals surface area contributed by atoms with E-state index in [0.717, 1.165) is 4.57 Å². The van der Waals surface area contributed by atoms with E-state index in [2.05, 4.69) is 9.97 Å². The van der Waals surface area contributed by atoms with Gasteiger partial charge in [-0.25, -0.2) is 4.98 Å². The van der Waals surface area contributed by atoms with Crippen LogP contribution in [-0.4, -0.2) is 32.9 Å². The monoisotopic (exact) mass is 290 g/mol. The first-order valence-corrected chi connectivity index (χ1v) is 6.72. The van der Waals surface area contributed by atoms with E-state index in [-0.39, 0.29) is 12.5 Å². The summed E-state index contributed by atoms with van der Waals surface area (Å²) >= 11 is 0. The molecule has 6 heteroatoms. The zero-order valence-electron chi connectivity index (χ0n) is 17.5. The second-order valence-corrected chi connectivity index (χ2v) is 6.03. The Bertz CT molecular complexity index is 834. The third-order valence-electron chi connectivity index (χ3n) is 4.00. The van der Waals surface area contributed by atoms with Crippen molar-refractivity contribution in [3.63, 3.8) is 0 Å². The topological polar surface area (TPSA) is 49.2 Å². The quantitative estimate of drug-likeness (QED) is 0.792. The van der Waals surface area contributed by atoms with Crippen LogP contribution in [0.25, 0.3) is 5.69 Å². The Labute approximate surface area is 132 Å². The first-order valence-electron chi connectivity index (χ1n) is 9.22. The van der Waals surface area contributed by atoms with E-state index in [1.165, 1.54) is 6.20 Å². The van der Waals surface area contributed by atoms with Gasteiger partial charge in [-0.3, -0.25) is 4.98 Å². The summed E-state index contributed by atoms with van der Waals surface area (Å²) in [7, 11) is -0.700. The van der Waals surface area contributed by atoms with Gasteiger partial charge in [-0.2, -0.15) is 0 Å². The van der Waals surface area contributed by atoms with Gasteiger partial charge < -0.3 is 13.9 Å². The fourth-order valence-corrected chi connectivity index (χ4v) is 2.05. The van der Waals surface area contributed by atoms with Crippen LogP contribution in [0.5, 0.6) is 0 Å². The van der Waals surface area contributed by atoms with Crippen LogP contribution in [0.15, 0.2) is 30.8 Å². The molecule has 0 amide bonds. The third kappa shape index (κ3) is 2.49. The van der Waals surface area contributed by atoms with Crippen molar-refractivity contribution in [2.24, 2.45) is 0 Å². The van der Waals surface area contributed by atoms with Crippen LogP contribution in [-0.2, 0) is 9.31 Å². The van der Waals surface area contributed by atoms with Crippen molar-refractivity contribution in [2.45, 2.75) is 45.7 Å². The third-order valence-corrected chi connectivity index (χ3v) is 4.00. The van der Waals surface area contributed by atoms with Crippen LogP contribution in [0.3, 0.4) is 0 Å². The van der Waals surface area contributed by atoms with Crippen LogP contribution in [0, 0.1) is 6.85 Å². The van der Waals surface area contributed by atoms with Gasteiger partial charge >= 0.3 is 7.12 Å². The minimum absolute atomic E-state index is 0.327. The fourth-order valence-electron chi connectivity index (χ4n) is 2.05. The maximum atomic E-state index is 8.10. The van der Waals surface area contributed by atoms with E-state index >= 15 is 0 Å². The molecular formula is C15H20BN3O2.